The standard InChI is InChI=1S/C11H7ClN4O/c12-11-15-9-3-7(17)1-2-8(9)10(16-11)6-4-13-14-5-6/h1-5,17H,(H,13,14). The number of rotatable bonds is 1. The number of benzene rings is 1. The largest absolute Gasteiger partial charge is 0.508 e. The van der Waals surface area contributed by atoms with Crippen LogP contribution in [-0.2, 0) is 0 Å². The molecular formula is C11H7ClN4O. The lowest BCUT2D eigenvalue weighted by Gasteiger charge is -2.04. The summed E-state index contributed by atoms with van der Waals surface area (Å²) in [6.45, 7) is 0. The van der Waals surface area contributed by atoms with Crippen molar-refractivity contribution >= 4 is 22.5 Å². The van der Waals surface area contributed by atoms with Crippen molar-refractivity contribution in [3.05, 3.63) is 35.9 Å². The summed E-state index contributed by atoms with van der Waals surface area (Å²) in [5.74, 6) is 0.144. The van der Waals surface area contributed by atoms with E-state index in [1.807, 2.05) is 0 Å². The lowest BCUT2D eigenvalue weighted by Crippen LogP contribution is -1.90. The second-order valence-corrected chi connectivity index (χ2v) is 3.87. The number of aromatic hydroxyl groups is 1. The minimum atomic E-state index is 0.138. The van der Waals surface area contributed by atoms with Crippen LogP contribution in [0.5, 0.6) is 5.75 Å². The molecular weight excluding hydrogens is 240 g/mol. The zero-order valence-electron chi connectivity index (χ0n) is 8.55. The van der Waals surface area contributed by atoms with Crippen LogP contribution in [0.2, 0.25) is 5.28 Å². The van der Waals surface area contributed by atoms with E-state index in [1.54, 1.807) is 30.6 Å². The second-order valence-electron chi connectivity index (χ2n) is 3.53. The fourth-order valence-electron chi connectivity index (χ4n) is 1.69. The number of aromatic amines is 1. The molecule has 0 aliphatic carbocycles. The van der Waals surface area contributed by atoms with Gasteiger partial charge in [0.15, 0.2) is 0 Å². The van der Waals surface area contributed by atoms with Crippen molar-refractivity contribution in [2.45, 2.75) is 0 Å². The van der Waals surface area contributed by atoms with Crippen molar-refractivity contribution in [2.75, 3.05) is 0 Å². The lowest BCUT2D eigenvalue weighted by atomic mass is 10.1. The highest BCUT2D eigenvalue weighted by Gasteiger charge is 2.10. The number of halogens is 1. The second kappa shape index (κ2) is 3.71. The van der Waals surface area contributed by atoms with Gasteiger partial charge in [-0.1, -0.05) is 0 Å². The number of H-pyrrole nitrogens is 1. The third-order valence-corrected chi connectivity index (χ3v) is 2.59. The van der Waals surface area contributed by atoms with Crippen LogP contribution in [0.1, 0.15) is 0 Å². The van der Waals surface area contributed by atoms with Crippen LogP contribution in [-0.4, -0.2) is 25.3 Å². The van der Waals surface area contributed by atoms with Gasteiger partial charge in [0, 0.05) is 23.2 Å². The first-order valence-electron chi connectivity index (χ1n) is 4.89. The van der Waals surface area contributed by atoms with Crippen LogP contribution in [0.4, 0.5) is 0 Å². The molecule has 0 saturated carbocycles. The number of nitrogens with one attached hydrogen (secondary N) is 1. The monoisotopic (exact) mass is 246 g/mol. The number of fused-ring (bicyclic) bond motifs is 1. The summed E-state index contributed by atoms with van der Waals surface area (Å²) < 4.78 is 0. The highest BCUT2D eigenvalue weighted by Crippen LogP contribution is 2.28. The number of phenolic OH excluding ortho intramolecular Hbond substituents is 1. The normalized spacial score (nSPS) is 10.9. The highest BCUT2D eigenvalue weighted by molar-refractivity contribution is 6.28. The van der Waals surface area contributed by atoms with Gasteiger partial charge in [0.2, 0.25) is 5.28 Å². The summed E-state index contributed by atoms with van der Waals surface area (Å²) >= 11 is 5.86. The maximum absolute atomic E-state index is 9.42. The summed E-state index contributed by atoms with van der Waals surface area (Å²) in [6, 6.07) is 4.89. The van der Waals surface area contributed by atoms with E-state index in [0.717, 1.165) is 10.9 Å². The maximum Gasteiger partial charge on any atom is 0.223 e. The van der Waals surface area contributed by atoms with Gasteiger partial charge in [0.25, 0.3) is 0 Å². The van der Waals surface area contributed by atoms with Gasteiger partial charge in [-0.2, -0.15) is 5.10 Å². The van der Waals surface area contributed by atoms with Crippen molar-refractivity contribution in [3.8, 4) is 17.0 Å². The summed E-state index contributed by atoms with van der Waals surface area (Å²) in [7, 11) is 0. The Morgan fingerprint density at radius 3 is 2.88 bits per heavy atom. The van der Waals surface area contributed by atoms with Gasteiger partial charge in [0.05, 0.1) is 17.4 Å². The molecule has 17 heavy (non-hydrogen) atoms. The average Bonchev–Trinajstić information content (AvgIpc) is 2.80. The summed E-state index contributed by atoms with van der Waals surface area (Å²) in [5.41, 5.74) is 2.11. The van der Waals surface area contributed by atoms with E-state index in [4.69, 9.17) is 11.6 Å². The molecule has 3 rings (SSSR count). The predicted molar refractivity (Wildman–Crippen MR) is 63.8 cm³/mol. The van der Waals surface area contributed by atoms with Crippen molar-refractivity contribution in [3.63, 3.8) is 0 Å². The Bertz CT molecular complexity index is 676. The van der Waals surface area contributed by atoms with E-state index < -0.39 is 0 Å². The molecule has 6 heteroatoms. The molecule has 0 bridgehead atoms. The quantitative estimate of drug-likeness (QED) is 0.647. The molecule has 0 fully saturated rings. The van der Waals surface area contributed by atoms with Gasteiger partial charge in [-0.15, -0.1) is 0 Å². The molecule has 0 aliphatic heterocycles. The van der Waals surface area contributed by atoms with Gasteiger partial charge < -0.3 is 5.11 Å². The van der Waals surface area contributed by atoms with Gasteiger partial charge in [-0.3, -0.25) is 5.10 Å². The molecule has 84 valence electrons. The molecule has 2 N–H and O–H groups in total. The van der Waals surface area contributed by atoms with E-state index in [-0.39, 0.29) is 11.0 Å². The number of phenols is 1. The number of aromatic nitrogens is 4. The van der Waals surface area contributed by atoms with Gasteiger partial charge in [-0.25, -0.2) is 9.97 Å². The van der Waals surface area contributed by atoms with E-state index in [2.05, 4.69) is 20.2 Å². The van der Waals surface area contributed by atoms with Crippen LogP contribution in [0.15, 0.2) is 30.6 Å². The molecule has 0 saturated heterocycles. The maximum atomic E-state index is 9.42. The minimum Gasteiger partial charge on any atom is -0.508 e. The molecule has 0 unspecified atom stereocenters. The minimum absolute atomic E-state index is 0.138. The Morgan fingerprint density at radius 2 is 2.12 bits per heavy atom. The Labute approximate surface area is 101 Å². The highest BCUT2D eigenvalue weighted by atomic mass is 35.5. The van der Waals surface area contributed by atoms with E-state index in [0.29, 0.717) is 11.2 Å². The van der Waals surface area contributed by atoms with Crippen molar-refractivity contribution < 1.29 is 5.11 Å². The number of hydrogen-bond acceptors (Lipinski definition) is 4. The van der Waals surface area contributed by atoms with Crippen molar-refractivity contribution in [2.24, 2.45) is 0 Å². The van der Waals surface area contributed by atoms with Gasteiger partial charge >= 0.3 is 0 Å². The molecule has 5 nitrogen and oxygen atoms in total. The molecule has 0 spiro atoms. The SMILES string of the molecule is Oc1ccc2c(-c3cn[nH]c3)nc(Cl)nc2c1. The van der Waals surface area contributed by atoms with E-state index in [1.165, 1.54) is 0 Å². The molecule has 0 amide bonds. The molecule has 1 aromatic carbocycles. The zero-order chi connectivity index (χ0) is 11.8. The Balaban J connectivity index is 2.38. The molecule has 0 aliphatic rings. The van der Waals surface area contributed by atoms with Crippen LogP contribution in [0.3, 0.4) is 0 Å². The molecule has 3 aromatic rings. The smallest absolute Gasteiger partial charge is 0.223 e. The van der Waals surface area contributed by atoms with Crippen LogP contribution in [0.25, 0.3) is 22.2 Å². The Kier molecular flexibility index (Phi) is 2.19. The van der Waals surface area contributed by atoms with Crippen LogP contribution < -0.4 is 0 Å². The number of nitrogens with zero attached hydrogens (tertiary/aromatic N) is 3. The number of hydrogen-bond donors (Lipinski definition) is 2. The first-order valence-corrected chi connectivity index (χ1v) is 5.27. The Hall–Kier alpha value is -2.14. The molecule has 0 radical (unpaired) electrons. The van der Waals surface area contributed by atoms with Gasteiger partial charge in [0.1, 0.15) is 5.75 Å². The third-order valence-electron chi connectivity index (χ3n) is 2.42. The fraction of sp³-hybridized carbons (Fsp3) is 0. The lowest BCUT2D eigenvalue weighted by molar-refractivity contribution is 0.476. The van der Waals surface area contributed by atoms with Crippen LogP contribution in [0, 0.1) is 0 Å². The van der Waals surface area contributed by atoms with E-state index >= 15 is 0 Å². The summed E-state index contributed by atoms with van der Waals surface area (Å²) in [6.07, 6.45) is 3.38. The first kappa shape index (κ1) is 10.0. The van der Waals surface area contributed by atoms with Gasteiger partial charge in [-0.05, 0) is 23.7 Å². The molecule has 2 aromatic heterocycles. The summed E-state index contributed by atoms with van der Waals surface area (Å²) in [4.78, 5) is 8.26. The fourth-order valence-corrected chi connectivity index (χ4v) is 1.87. The van der Waals surface area contributed by atoms with Crippen molar-refractivity contribution in [1.29, 1.82) is 0 Å². The molecule has 0 atom stereocenters. The van der Waals surface area contributed by atoms with E-state index in [9.17, 15) is 5.11 Å². The topological polar surface area (TPSA) is 74.7 Å². The third kappa shape index (κ3) is 1.70. The average molecular weight is 247 g/mol. The summed E-state index contributed by atoms with van der Waals surface area (Å²) in [5, 5.41) is 17.0. The first-order chi connectivity index (χ1) is 8.24. The van der Waals surface area contributed by atoms with Crippen molar-refractivity contribution in [1.82, 2.24) is 20.2 Å². The predicted octanol–water partition coefficient (Wildman–Crippen LogP) is 2.38. The molecule has 2 heterocycles. The Morgan fingerprint density at radius 1 is 1.24 bits per heavy atom. The zero-order valence-corrected chi connectivity index (χ0v) is 9.31. The van der Waals surface area contributed by atoms with Crippen LogP contribution >= 0.6 is 11.6 Å².